The summed E-state index contributed by atoms with van der Waals surface area (Å²) in [6, 6.07) is 18.4. The highest BCUT2D eigenvalue weighted by molar-refractivity contribution is 6.30. The predicted octanol–water partition coefficient (Wildman–Crippen LogP) is 5.80. The van der Waals surface area contributed by atoms with Crippen LogP contribution in [0.2, 0.25) is 5.02 Å². The molecule has 2 heterocycles. The highest BCUT2D eigenvalue weighted by Crippen LogP contribution is 2.26. The van der Waals surface area contributed by atoms with E-state index in [1.165, 1.54) is 0 Å². The minimum atomic E-state index is -0.272. The Morgan fingerprint density at radius 2 is 1.81 bits per heavy atom. The van der Waals surface area contributed by atoms with Crippen LogP contribution in [0.15, 0.2) is 73.1 Å². The zero-order chi connectivity index (χ0) is 21.8. The zero-order valence-electron chi connectivity index (χ0n) is 17.1. The highest BCUT2D eigenvalue weighted by atomic mass is 35.5. The van der Waals surface area contributed by atoms with Crippen LogP contribution >= 0.6 is 11.6 Å². The molecule has 2 aromatic carbocycles. The number of nitrogens with one attached hydrogen (secondary N) is 2. The number of rotatable bonds is 5. The first-order valence-electron chi connectivity index (χ1n) is 9.69. The SMILES string of the molecule is Cc1nccc(-c2cccc(NC(=O)c3cccnc3Nc3cc(Cl)ccc3C)c2)n1. The quantitative estimate of drug-likeness (QED) is 0.418. The molecule has 0 aliphatic carbocycles. The van der Waals surface area contributed by atoms with Crippen LogP contribution in [0, 0.1) is 13.8 Å². The Kier molecular flexibility index (Phi) is 5.91. The molecular weight excluding hydrogens is 410 g/mol. The summed E-state index contributed by atoms with van der Waals surface area (Å²) in [6.45, 7) is 3.80. The Morgan fingerprint density at radius 1 is 0.935 bits per heavy atom. The Labute approximate surface area is 185 Å². The van der Waals surface area contributed by atoms with Gasteiger partial charge in [0.1, 0.15) is 11.6 Å². The molecule has 0 fully saturated rings. The van der Waals surface area contributed by atoms with Crippen LogP contribution in [0.1, 0.15) is 21.7 Å². The summed E-state index contributed by atoms with van der Waals surface area (Å²) in [5, 5.41) is 6.77. The van der Waals surface area contributed by atoms with Crippen molar-refractivity contribution in [1.29, 1.82) is 0 Å². The fourth-order valence-corrected chi connectivity index (χ4v) is 3.29. The monoisotopic (exact) mass is 429 g/mol. The van der Waals surface area contributed by atoms with Gasteiger partial charge in [-0.1, -0.05) is 29.8 Å². The van der Waals surface area contributed by atoms with Crippen molar-refractivity contribution in [2.45, 2.75) is 13.8 Å². The number of anilines is 3. The summed E-state index contributed by atoms with van der Waals surface area (Å²) in [7, 11) is 0. The van der Waals surface area contributed by atoms with Crippen molar-refractivity contribution >= 4 is 34.7 Å². The number of hydrogen-bond acceptors (Lipinski definition) is 5. The van der Waals surface area contributed by atoms with Gasteiger partial charge >= 0.3 is 0 Å². The van der Waals surface area contributed by atoms with E-state index in [-0.39, 0.29) is 5.91 Å². The predicted molar refractivity (Wildman–Crippen MR) is 124 cm³/mol. The average Bonchev–Trinajstić information content (AvgIpc) is 2.77. The highest BCUT2D eigenvalue weighted by Gasteiger charge is 2.14. The molecule has 0 bridgehead atoms. The van der Waals surface area contributed by atoms with Crippen molar-refractivity contribution in [2.75, 3.05) is 10.6 Å². The second-order valence-corrected chi connectivity index (χ2v) is 7.44. The van der Waals surface area contributed by atoms with E-state index in [0.29, 0.717) is 27.9 Å². The fourth-order valence-electron chi connectivity index (χ4n) is 3.12. The first-order valence-corrected chi connectivity index (χ1v) is 10.1. The molecule has 1 amide bonds. The lowest BCUT2D eigenvalue weighted by Crippen LogP contribution is -2.15. The number of pyridine rings is 1. The van der Waals surface area contributed by atoms with E-state index in [1.807, 2.05) is 56.3 Å². The van der Waals surface area contributed by atoms with Crippen LogP contribution in [0.3, 0.4) is 0 Å². The molecule has 0 radical (unpaired) electrons. The summed E-state index contributed by atoms with van der Waals surface area (Å²) in [4.78, 5) is 26.0. The molecule has 0 aliphatic rings. The van der Waals surface area contributed by atoms with E-state index >= 15 is 0 Å². The number of aromatic nitrogens is 3. The minimum Gasteiger partial charge on any atom is -0.339 e. The van der Waals surface area contributed by atoms with Gasteiger partial charge in [-0.3, -0.25) is 4.79 Å². The number of carbonyl (C=O) groups is 1. The molecule has 0 aliphatic heterocycles. The van der Waals surface area contributed by atoms with E-state index < -0.39 is 0 Å². The molecule has 0 unspecified atom stereocenters. The Balaban J connectivity index is 1.59. The van der Waals surface area contributed by atoms with Gasteiger partial charge in [0.25, 0.3) is 5.91 Å². The molecule has 31 heavy (non-hydrogen) atoms. The Hall–Kier alpha value is -3.77. The third-order valence-electron chi connectivity index (χ3n) is 4.70. The maximum atomic E-state index is 13.0. The molecule has 2 aromatic heterocycles. The number of hydrogen-bond donors (Lipinski definition) is 2. The normalized spacial score (nSPS) is 10.5. The van der Waals surface area contributed by atoms with Crippen molar-refractivity contribution in [1.82, 2.24) is 15.0 Å². The molecule has 4 rings (SSSR count). The van der Waals surface area contributed by atoms with Gasteiger partial charge in [-0.15, -0.1) is 0 Å². The summed E-state index contributed by atoms with van der Waals surface area (Å²) >= 11 is 6.12. The summed E-state index contributed by atoms with van der Waals surface area (Å²) in [5.41, 5.74) is 4.56. The van der Waals surface area contributed by atoms with Gasteiger partial charge < -0.3 is 10.6 Å². The van der Waals surface area contributed by atoms with Crippen LogP contribution in [0.25, 0.3) is 11.3 Å². The fraction of sp³-hybridized carbons (Fsp3) is 0.0833. The topological polar surface area (TPSA) is 79.8 Å². The first kappa shape index (κ1) is 20.5. The number of carbonyl (C=O) groups excluding carboxylic acids is 1. The second-order valence-electron chi connectivity index (χ2n) is 7.01. The molecule has 7 heteroatoms. The van der Waals surface area contributed by atoms with Crippen molar-refractivity contribution < 1.29 is 4.79 Å². The Bertz CT molecular complexity index is 1260. The smallest absolute Gasteiger partial charge is 0.259 e. The number of amides is 1. The van der Waals surface area contributed by atoms with E-state index in [9.17, 15) is 4.79 Å². The second kappa shape index (κ2) is 8.93. The van der Waals surface area contributed by atoms with Crippen molar-refractivity contribution in [3.05, 3.63) is 95.0 Å². The molecule has 0 spiro atoms. The van der Waals surface area contributed by atoms with Crippen molar-refractivity contribution in [2.24, 2.45) is 0 Å². The molecule has 0 saturated carbocycles. The molecule has 6 nitrogen and oxygen atoms in total. The number of nitrogens with zero attached hydrogens (tertiary/aromatic N) is 3. The van der Waals surface area contributed by atoms with Gasteiger partial charge in [-0.05, 0) is 61.9 Å². The lowest BCUT2D eigenvalue weighted by Gasteiger charge is -2.13. The van der Waals surface area contributed by atoms with Crippen molar-refractivity contribution in [3.8, 4) is 11.3 Å². The van der Waals surface area contributed by atoms with Crippen LogP contribution in [-0.2, 0) is 0 Å². The third-order valence-corrected chi connectivity index (χ3v) is 4.93. The summed E-state index contributed by atoms with van der Waals surface area (Å²) in [5.74, 6) is 0.869. The van der Waals surface area contributed by atoms with Gasteiger partial charge in [0.15, 0.2) is 0 Å². The van der Waals surface area contributed by atoms with Gasteiger partial charge in [-0.25, -0.2) is 15.0 Å². The average molecular weight is 430 g/mol. The largest absolute Gasteiger partial charge is 0.339 e. The minimum absolute atomic E-state index is 0.272. The summed E-state index contributed by atoms with van der Waals surface area (Å²) < 4.78 is 0. The lowest BCUT2D eigenvalue weighted by molar-refractivity contribution is 0.102. The number of aryl methyl sites for hydroxylation is 2. The maximum absolute atomic E-state index is 13.0. The molecule has 4 aromatic rings. The first-order chi connectivity index (χ1) is 15.0. The van der Waals surface area contributed by atoms with E-state index in [4.69, 9.17) is 11.6 Å². The number of benzene rings is 2. The van der Waals surface area contributed by atoms with Crippen LogP contribution in [0.5, 0.6) is 0 Å². The van der Waals surface area contributed by atoms with Gasteiger partial charge in [0.05, 0.1) is 11.3 Å². The molecular formula is C24H20ClN5O. The standard InChI is InChI=1S/C24H20ClN5O/c1-15-8-9-18(25)14-22(15)30-23-20(7-4-11-27-23)24(31)29-19-6-3-5-17(13-19)21-10-12-26-16(2)28-21/h3-14H,1-2H3,(H,27,30)(H,29,31). The van der Waals surface area contributed by atoms with E-state index in [2.05, 4.69) is 25.6 Å². The maximum Gasteiger partial charge on any atom is 0.259 e. The summed E-state index contributed by atoms with van der Waals surface area (Å²) in [6.07, 6.45) is 3.35. The molecule has 0 saturated heterocycles. The van der Waals surface area contributed by atoms with Crippen LogP contribution < -0.4 is 10.6 Å². The molecule has 154 valence electrons. The lowest BCUT2D eigenvalue weighted by atomic mass is 10.1. The molecule has 0 atom stereocenters. The van der Waals surface area contributed by atoms with Gasteiger partial charge in [0.2, 0.25) is 0 Å². The zero-order valence-corrected chi connectivity index (χ0v) is 17.8. The van der Waals surface area contributed by atoms with Crippen LogP contribution in [0.4, 0.5) is 17.2 Å². The van der Waals surface area contributed by atoms with Gasteiger partial charge in [-0.2, -0.15) is 0 Å². The Morgan fingerprint density at radius 3 is 2.65 bits per heavy atom. The van der Waals surface area contributed by atoms with E-state index in [0.717, 1.165) is 22.5 Å². The number of halogens is 1. The van der Waals surface area contributed by atoms with E-state index in [1.54, 1.807) is 30.6 Å². The molecule has 2 N–H and O–H groups in total. The van der Waals surface area contributed by atoms with Gasteiger partial charge in [0, 0.05) is 34.4 Å². The van der Waals surface area contributed by atoms with Crippen molar-refractivity contribution in [3.63, 3.8) is 0 Å². The third kappa shape index (κ3) is 4.87. The van der Waals surface area contributed by atoms with Crippen LogP contribution in [-0.4, -0.2) is 20.9 Å².